The SMILES string of the molecule is NC(=O)Oc1c(F)cc(CO[C-]=O)cc1F.[K+]. The molecule has 0 unspecified atom stereocenters. The Labute approximate surface area is 138 Å². The second kappa shape index (κ2) is 7.72. The maximum absolute atomic E-state index is 13.2. The number of rotatable bonds is 4. The zero-order valence-electron chi connectivity index (χ0n) is 8.83. The summed E-state index contributed by atoms with van der Waals surface area (Å²) in [5, 5.41) is 0. The van der Waals surface area contributed by atoms with E-state index in [1.807, 2.05) is 0 Å². The van der Waals surface area contributed by atoms with Crippen LogP contribution in [0.15, 0.2) is 12.1 Å². The van der Waals surface area contributed by atoms with E-state index < -0.39 is 23.5 Å². The number of nitrogens with two attached hydrogens (primary N) is 1. The molecule has 1 aromatic carbocycles. The molecule has 0 aliphatic heterocycles. The van der Waals surface area contributed by atoms with Crippen LogP contribution in [0.1, 0.15) is 5.56 Å². The Kier molecular flexibility index (Phi) is 7.47. The van der Waals surface area contributed by atoms with Gasteiger partial charge in [-0.15, -0.1) is 0 Å². The van der Waals surface area contributed by atoms with Crippen LogP contribution in [-0.4, -0.2) is 12.6 Å². The second-order valence-corrected chi connectivity index (χ2v) is 2.68. The first kappa shape index (κ1) is 16.5. The van der Waals surface area contributed by atoms with Crippen molar-refractivity contribution in [3.05, 3.63) is 29.3 Å². The third kappa shape index (κ3) is 5.09. The topological polar surface area (TPSA) is 78.6 Å². The van der Waals surface area contributed by atoms with Crippen LogP contribution in [0.4, 0.5) is 13.6 Å². The van der Waals surface area contributed by atoms with Crippen molar-refractivity contribution in [3.63, 3.8) is 0 Å². The van der Waals surface area contributed by atoms with E-state index in [0.717, 1.165) is 18.6 Å². The Balaban J connectivity index is 0.00000256. The van der Waals surface area contributed by atoms with Gasteiger partial charge in [0.15, 0.2) is 11.6 Å². The minimum atomic E-state index is -1.33. The third-order valence-corrected chi connectivity index (χ3v) is 1.56. The molecule has 1 rings (SSSR count). The molecule has 0 atom stereocenters. The molecule has 1 amide bonds. The van der Waals surface area contributed by atoms with Crippen LogP contribution < -0.4 is 61.9 Å². The fourth-order valence-electron chi connectivity index (χ4n) is 1.01. The van der Waals surface area contributed by atoms with Gasteiger partial charge in [0.2, 0.25) is 5.75 Å². The summed E-state index contributed by atoms with van der Waals surface area (Å²) in [4.78, 5) is 20.1. The molecule has 0 aromatic heterocycles. The molecule has 0 aliphatic rings. The van der Waals surface area contributed by atoms with Crippen molar-refractivity contribution in [1.82, 2.24) is 0 Å². The van der Waals surface area contributed by atoms with Crippen molar-refractivity contribution < 1.29 is 79.2 Å². The van der Waals surface area contributed by atoms with Crippen LogP contribution in [0, 0.1) is 11.6 Å². The smallest absolute Gasteiger partial charge is 0.650 e. The molecule has 0 fully saturated rings. The molecular formula is C9H6F2KNO4. The van der Waals surface area contributed by atoms with Gasteiger partial charge in [-0.25, -0.2) is 13.6 Å². The van der Waals surface area contributed by atoms with E-state index in [9.17, 15) is 18.4 Å². The van der Waals surface area contributed by atoms with Crippen LogP contribution in [0.25, 0.3) is 0 Å². The zero-order chi connectivity index (χ0) is 12.1. The zero-order valence-corrected chi connectivity index (χ0v) is 12.0. The van der Waals surface area contributed by atoms with Crippen molar-refractivity contribution >= 4 is 12.6 Å². The van der Waals surface area contributed by atoms with Gasteiger partial charge < -0.3 is 20.0 Å². The first-order valence-corrected chi connectivity index (χ1v) is 3.98. The molecular weight excluding hydrogens is 263 g/mol. The summed E-state index contributed by atoms with van der Waals surface area (Å²) in [6.45, 7) is 0.763. The Morgan fingerprint density at radius 3 is 2.29 bits per heavy atom. The Morgan fingerprint density at radius 2 is 1.88 bits per heavy atom. The Bertz CT molecular complexity index is 404. The molecule has 1 aromatic rings. The van der Waals surface area contributed by atoms with Crippen molar-refractivity contribution in [2.24, 2.45) is 5.73 Å². The van der Waals surface area contributed by atoms with Gasteiger partial charge in [-0.3, -0.25) is 0 Å². The van der Waals surface area contributed by atoms with Gasteiger partial charge >= 0.3 is 57.5 Å². The minimum Gasteiger partial charge on any atom is -0.650 e. The molecule has 0 bridgehead atoms. The summed E-state index contributed by atoms with van der Waals surface area (Å²) in [6.07, 6.45) is -1.33. The van der Waals surface area contributed by atoms with Crippen molar-refractivity contribution in [2.45, 2.75) is 6.61 Å². The molecule has 2 N–H and O–H groups in total. The quantitative estimate of drug-likeness (QED) is 0.507. The predicted molar refractivity (Wildman–Crippen MR) is 47.1 cm³/mol. The number of primary amides is 1. The van der Waals surface area contributed by atoms with E-state index in [-0.39, 0.29) is 63.6 Å². The Hall–Kier alpha value is -0.544. The molecule has 0 saturated carbocycles. The number of hydrogen-bond donors (Lipinski definition) is 1. The molecule has 0 aliphatic carbocycles. The van der Waals surface area contributed by atoms with E-state index in [2.05, 4.69) is 15.2 Å². The van der Waals surface area contributed by atoms with E-state index in [4.69, 9.17) is 0 Å². The summed E-state index contributed by atoms with van der Waals surface area (Å²) in [7, 11) is 0. The van der Waals surface area contributed by atoms with Gasteiger partial charge in [-0.05, 0) is 17.7 Å². The first-order chi connectivity index (χ1) is 7.54. The summed E-state index contributed by atoms with van der Waals surface area (Å²) in [6, 6.07) is 1.69. The van der Waals surface area contributed by atoms with Gasteiger partial charge in [0.25, 0.3) is 0 Å². The van der Waals surface area contributed by atoms with E-state index >= 15 is 0 Å². The fourth-order valence-corrected chi connectivity index (χ4v) is 1.01. The largest absolute Gasteiger partial charge is 1.00 e. The van der Waals surface area contributed by atoms with Crippen LogP contribution in [0.5, 0.6) is 5.75 Å². The number of carbonyl (C=O) groups is 1. The minimum absolute atomic E-state index is 0. The van der Waals surface area contributed by atoms with Crippen LogP contribution in [0.3, 0.4) is 0 Å². The molecule has 0 radical (unpaired) electrons. The van der Waals surface area contributed by atoms with E-state index in [1.165, 1.54) is 0 Å². The number of halogens is 2. The van der Waals surface area contributed by atoms with Gasteiger partial charge in [0, 0.05) is 0 Å². The average Bonchev–Trinajstić information content (AvgIpc) is 2.20. The molecule has 0 spiro atoms. The number of benzene rings is 1. The predicted octanol–water partition coefficient (Wildman–Crippen LogP) is -1.99. The van der Waals surface area contributed by atoms with Gasteiger partial charge in [0.1, 0.15) is 0 Å². The molecule has 86 valence electrons. The fraction of sp³-hybridized carbons (Fsp3) is 0.111. The van der Waals surface area contributed by atoms with E-state index in [1.54, 1.807) is 0 Å². The summed E-state index contributed by atoms with van der Waals surface area (Å²) < 4.78 is 34.6. The van der Waals surface area contributed by atoms with Crippen molar-refractivity contribution in [2.75, 3.05) is 0 Å². The number of hydrogen-bond acceptors (Lipinski definition) is 4. The average molecular weight is 269 g/mol. The van der Waals surface area contributed by atoms with Gasteiger partial charge in [-0.1, -0.05) is 6.47 Å². The maximum atomic E-state index is 13.2. The van der Waals surface area contributed by atoms with Crippen molar-refractivity contribution in [1.29, 1.82) is 0 Å². The van der Waals surface area contributed by atoms with Gasteiger partial charge in [-0.2, -0.15) is 0 Å². The van der Waals surface area contributed by atoms with Crippen LogP contribution in [-0.2, 0) is 16.1 Å². The number of carbonyl (C=O) groups excluding carboxylic acids is 2. The first-order valence-electron chi connectivity index (χ1n) is 3.98. The summed E-state index contributed by atoms with van der Waals surface area (Å²) in [5.41, 5.74) is 4.66. The monoisotopic (exact) mass is 269 g/mol. The molecule has 17 heavy (non-hydrogen) atoms. The Morgan fingerprint density at radius 1 is 1.35 bits per heavy atom. The van der Waals surface area contributed by atoms with E-state index in [0.29, 0.717) is 0 Å². The van der Waals surface area contributed by atoms with Crippen LogP contribution in [0.2, 0.25) is 0 Å². The van der Waals surface area contributed by atoms with Crippen molar-refractivity contribution in [3.8, 4) is 5.75 Å². The summed E-state index contributed by atoms with van der Waals surface area (Å²) in [5.74, 6) is -3.14. The number of ether oxygens (including phenoxy) is 2. The van der Waals surface area contributed by atoms with Crippen LogP contribution >= 0.6 is 0 Å². The molecule has 5 nitrogen and oxygen atoms in total. The number of amides is 1. The molecule has 0 saturated heterocycles. The molecule has 8 heteroatoms. The molecule has 0 heterocycles. The maximum Gasteiger partial charge on any atom is 1.00 e. The second-order valence-electron chi connectivity index (χ2n) is 2.68. The standard InChI is InChI=1S/C9H6F2NO4.K/c10-6-1-5(3-15-4-13)2-7(11)8(6)16-9(12)14;/h1-2H,3H2,(H2,12,14);/q-1;+1. The van der Waals surface area contributed by atoms with Gasteiger partial charge in [0.05, 0.1) is 6.61 Å². The normalized spacial score (nSPS) is 9.06. The third-order valence-electron chi connectivity index (χ3n) is 1.56. The summed E-state index contributed by atoms with van der Waals surface area (Å²) >= 11 is 0.